The summed E-state index contributed by atoms with van der Waals surface area (Å²) in [6, 6.07) is 5.81. The molecule has 1 heterocycles. The summed E-state index contributed by atoms with van der Waals surface area (Å²) >= 11 is 6.24. The molecule has 1 aliphatic carbocycles. The van der Waals surface area contributed by atoms with E-state index >= 15 is 0 Å². The highest BCUT2D eigenvalue weighted by atomic mass is 35.5. The van der Waals surface area contributed by atoms with Crippen molar-refractivity contribution < 1.29 is 0 Å². The Morgan fingerprint density at radius 1 is 1.10 bits per heavy atom. The van der Waals surface area contributed by atoms with Crippen molar-refractivity contribution in [3.05, 3.63) is 28.8 Å². The number of nitrogens with one attached hydrogen (secondary N) is 1. The normalized spacial score (nSPS) is 21.5. The predicted molar refractivity (Wildman–Crippen MR) is 89.4 cm³/mol. The van der Waals surface area contributed by atoms with Crippen LogP contribution in [-0.2, 0) is 0 Å². The molecule has 1 aliphatic heterocycles. The molecule has 0 radical (unpaired) electrons. The number of benzene rings is 1. The first-order valence-corrected chi connectivity index (χ1v) is 8.37. The highest BCUT2D eigenvalue weighted by molar-refractivity contribution is 6.34. The summed E-state index contributed by atoms with van der Waals surface area (Å²) < 4.78 is 0. The number of hydrogen-bond donors (Lipinski definition) is 2. The van der Waals surface area contributed by atoms with E-state index in [4.69, 9.17) is 22.7 Å². The van der Waals surface area contributed by atoms with Crippen molar-refractivity contribution >= 4 is 23.1 Å². The van der Waals surface area contributed by atoms with E-state index in [1.165, 1.54) is 44.9 Å². The molecule has 1 spiro atoms. The quantitative estimate of drug-likeness (QED) is 0.636. The Hall–Kier alpha value is -1.22. The molecule has 2 aliphatic rings. The van der Waals surface area contributed by atoms with E-state index in [-0.39, 0.29) is 5.84 Å². The molecule has 3 nitrogen and oxygen atoms in total. The SMILES string of the molecule is N=C(N)c1c(Cl)cccc1N1CCC2(CCCCC2)CC1. The topological polar surface area (TPSA) is 53.1 Å². The minimum absolute atomic E-state index is 0.0635. The van der Waals surface area contributed by atoms with Gasteiger partial charge in [-0.2, -0.15) is 0 Å². The zero-order valence-corrected chi connectivity index (χ0v) is 13.3. The molecular weight excluding hydrogens is 282 g/mol. The van der Waals surface area contributed by atoms with Crippen molar-refractivity contribution in [3.8, 4) is 0 Å². The molecule has 1 saturated heterocycles. The van der Waals surface area contributed by atoms with Crippen LogP contribution in [0.1, 0.15) is 50.5 Å². The molecule has 2 fully saturated rings. The summed E-state index contributed by atoms with van der Waals surface area (Å²) in [5, 5.41) is 8.37. The smallest absolute Gasteiger partial charge is 0.126 e. The van der Waals surface area contributed by atoms with Gasteiger partial charge in [-0.15, -0.1) is 0 Å². The van der Waals surface area contributed by atoms with Crippen LogP contribution < -0.4 is 10.6 Å². The average Bonchev–Trinajstić information content (AvgIpc) is 2.48. The second-order valence-electron chi connectivity index (χ2n) is 6.60. The first-order chi connectivity index (χ1) is 10.1. The average molecular weight is 306 g/mol. The lowest BCUT2D eigenvalue weighted by Gasteiger charge is -2.45. The van der Waals surface area contributed by atoms with Crippen molar-refractivity contribution in [2.45, 2.75) is 44.9 Å². The van der Waals surface area contributed by atoms with E-state index in [9.17, 15) is 0 Å². The van der Waals surface area contributed by atoms with E-state index in [1.807, 2.05) is 18.2 Å². The molecule has 1 saturated carbocycles. The molecule has 3 rings (SSSR count). The van der Waals surface area contributed by atoms with Crippen LogP contribution in [0.5, 0.6) is 0 Å². The molecule has 21 heavy (non-hydrogen) atoms. The summed E-state index contributed by atoms with van der Waals surface area (Å²) in [6.07, 6.45) is 9.53. The summed E-state index contributed by atoms with van der Waals surface area (Å²) in [5.74, 6) is 0.0635. The lowest BCUT2D eigenvalue weighted by Crippen LogP contribution is -2.41. The van der Waals surface area contributed by atoms with Crippen LogP contribution in [0.15, 0.2) is 18.2 Å². The molecule has 4 heteroatoms. The van der Waals surface area contributed by atoms with Gasteiger partial charge in [-0.1, -0.05) is 36.9 Å². The number of nitrogen functional groups attached to an aromatic ring is 1. The summed E-state index contributed by atoms with van der Waals surface area (Å²) in [5.41, 5.74) is 8.04. The molecule has 0 atom stereocenters. The molecule has 114 valence electrons. The highest BCUT2D eigenvalue weighted by Crippen LogP contribution is 2.45. The fraction of sp³-hybridized carbons (Fsp3) is 0.588. The number of rotatable bonds is 2. The Bertz CT molecular complexity index is 525. The Labute approximate surface area is 132 Å². The van der Waals surface area contributed by atoms with E-state index in [1.54, 1.807) is 0 Å². The van der Waals surface area contributed by atoms with Gasteiger partial charge in [-0.3, -0.25) is 5.41 Å². The minimum atomic E-state index is 0.0635. The number of piperidine rings is 1. The van der Waals surface area contributed by atoms with Gasteiger partial charge in [0.2, 0.25) is 0 Å². The van der Waals surface area contributed by atoms with Gasteiger partial charge in [0.1, 0.15) is 5.84 Å². The van der Waals surface area contributed by atoms with Crippen LogP contribution in [0, 0.1) is 10.8 Å². The number of nitrogens with zero attached hydrogens (tertiary/aromatic N) is 1. The van der Waals surface area contributed by atoms with Crippen LogP contribution in [0.2, 0.25) is 5.02 Å². The van der Waals surface area contributed by atoms with Gasteiger partial charge in [-0.05, 0) is 43.2 Å². The highest BCUT2D eigenvalue weighted by Gasteiger charge is 2.36. The van der Waals surface area contributed by atoms with Crippen molar-refractivity contribution in [2.24, 2.45) is 11.1 Å². The van der Waals surface area contributed by atoms with Gasteiger partial charge in [0.05, 0.1) is 10.6 Å². The van der Waals surface area contributed by atoms with Gasteiger partial charge >= 0.3 is 0 Å². The number of nitrogens with two attached hydrogens (primary N) is 1. The maximum Gasteiger partial charge on any atom is 0.126 e. The third-order valence-corrected chi connectivity index (χ3v) is 5.65. The first kappa shape index (κ1) is 14.7. The second-order valence-corrected chi connectivity index (χ2v) is 7.00. The van der Waals surface area contributed by atoms with E-state index in [0.717, 1.165) is 18.8 Å². The molecule has 1 aromatic rings. The monoisotopic (exact) mass is 305 g/mol. The standard InChI is InChI=1S/C17H24ClN3/c18-13-5-4-6-14(15(13)16(19)20)21-11-9-17(10-12-21)7-2-1-3-8-17/h4-6H,1-3,7-12H2,(H3,19,20). The molecule has 0 bridgehead atoms. The number of amidine groups is 1. The Kier molecular flexibility index (Phi) is 4.12. The molecule has 0 unspecified atom stereocenters. The van der Waals surface area contributed by atoms with Crippen molar-refractivity contribution in [2.75, 3.05) is 18.0 Å². The van der Waals surface area contributed by atoms with Gasteiger partial charge in [0, 0.05) is 18.8 Å². The summed E-state index contributed by atoms with van der Waals surface area (Å²) in [6.45, 7) is 2.11. The van der Waals surface area contributed by atoms with Crippen LogP contribution in [0.3, 0.4) is 0 Å². The maximum atomic E-state index is 7.79. The molecule has 1 aromatic carbocycles. The minimum Gasteiger partial charge on any atom is -0.384 e. The Morgan fingerprint density at radius 2 is 1.76 bits per heavy atom. The molecular formula is C17H24ClN3. The fourth-order valence-corrected chi connectivity index (χ4v) is 4.34. The van der Waals surface area contributed by atoms with Gasteiger partial charge in [0.15, 0.2) is 0 Å². The van der Waals surface area contributed by atoms with Crippen molar-refractivity contribution in [1.82, 2.24) is 0 Å². The third kappa shape index (κ3) is 2.89. The summed E-state index contributed by atoms with van der Waals surface area (Å²) in [4.78, 5) is 2.36. The second kappa shape index (κ2) is 5.88. The summed E-state index contributed by atoms with van der Waals surface area (Å²) in [7, 11) is 0. The van der Waals surface area contributed by atoms with E-state index in [0.29, 0.717) is 16.0 Å². The van der Waals surface area contributed by atoms with Gasteiger partial charge in [0.25, 0.3) is 0 Å². The maximum absolute atomic E-state index is 7.79. The van der Waals surface area contributed by atoms with Crippen LogP contribution in [0.25, 0.3) is 0 Å². The zero-order chi connectivity index (χ0) is 14.9. The van der Waals surface area contributed by atoms with Gasteiger partial charge < -0.3 is 10.6 Å². The van der Waals surface area contributed by atoms with Crippen LogP contribution in [-0.4, -0.2) is 18.9 Å². The number of hydrogen-bond acceptors (Lipinski definition) is 2. The largest absolute Gasteiger partial charge is 0.384 e. The number of anilines is 1. The third-order valence-electron chi connectivity index (χ3n) is 5.34. The Balaban J connectivity index is 1.78. The van der Waals surface area contributed by atoms with Crippen LogP contribution >= 0.6 is 11.6 Å². The van der Waals surface area contributed by atoms with Gasteiger partial charge in [-0.25, -0.2) is 0 Å². The number of halogens is 1. The van der Waals surface area contributed by atoms with Crippen molar-refractivity contribution in [1.29, 1.82) is 5.41 Å². The lowest BCUT2D eigenvalue weighted by atomic mass is 9.68. The first-order valence-electron chi connectivity index (χ1n) is 7.99. The predicted octanol–water partition coefficient (Wildman–Crippen LogP) is 4.17. The lowest BCUT2D eigenvalue weighted by molar-refractivity contribution is 0.144. The van der Waals surface area contributed by atoms with Crippen LogP contribution in [0.4, 0.5) is 5.69 Å². The van der Waals surface area contributed by atoms with E-state index in [2.05, 4.69) is 4.90 Å². The van der Waals surface area contributed by atoms with E-state index < -0.39 is 0 Å². The molecule has 0 amide bonds. The Morgan fingerprint density at radius 3 is 2.38 bits per heavy atom. The molecule has 0 aromatic heterocycles. The fourth-order valence-electron chi connectivity index (χ4n) is 4.07. The van der Waals surface area contributed by atoms with Crippen molar-refractivity contribution in [3.63, 3.8) is 0 Å². The zero-order valence-electron chi connectivity index (χ0n) is 12.5. The molecule has 3 N–H and O–H groups in total.